The van der Waals surface area contributed by atoms with Crippen LogP contribution in [0, 0.1) is 13.8 Å². The van der Waals surface area contributed by atoms with Crippen molar-refractivity contribution in [1.82, 2.24) is 9.38 Å². The second-order valence-electron chi connectivity index (χ2n) is 4.29. The number of carbonyl (C=O) groups is 1. The normalized spacial score (nSPS) is 15.9. The van der Waals surface area contributed by atoms with Crippen LogP contribution in [0.3, 0.4) is 0 Å². The van der Waals surface area contributed by atoms with Crippen LogP contribution >= 0.6 is 11.3 Å². The van der Waals surface area contributed by atoms with E-state index in [-0.39, 0.29) is 0 Å². The molecule has 16 heavy (non-hydrogen) atoms. The molecule has 5 heteroatoms. The Morgan fingerprint density at radius 3 is 2.75 bits per heavy atom. The Labute approximate surface area is 96.5 Å². The molecule has 0 amide bonds. The number of hydrogen-bond acceptors (Lipinski definition) is 3. The van der Waals surface area contributed by atoms with Crippen molar-refractivity contribution >= 4 is 22.3 Å². The number of aryl methyl sites for hydroxylation is 2. The highest BCUT2D eigenvalue weighted by molar-refractivity contribution is 7.17. The molecule has 0 bridgehead atoms. The van der Waals surface area contributed by atoms with Crippen LogP contribution in [-0.2, 0) is 0 Å². The fraction of sp³-hybridized carbons (Fsp3) is 0.455. The van der Waals surface area contributed by atoms with Gasteiger partial charge in [0.25, 0.3) is 0 Å². The van der Waals surface area contributed by atoms with Gasteiger partial charge in [-0.25, -0.2) is 9.78 Å². The largest absolute Gasteiger partial charge is 0.477 e. The van der Waals surface area contributed by atoms with E-state index in [9.17, 15) is 9.90 Å². The van der Waals surface area contributed by atoms with Crippen LogP contribution < -0.4 is 0 Å². The third kappa shape index (κ3) is 1.21. The molecule has 2 aromatic heterocycles. The quantitative estimate of drug-likeness (QED) is 0.872. The van der Waals surface area contributed by atoms with Crippen LogP contribution in [0.2, 0.25) is 0 Å². The molecule has 2 aromatic rings. The molecule has 0 aliphatic heterocycles. The Morgan fingerprint density at radius 2 is 2.19 bits per heavy atom. The molecule has 0 radical (unpaired) electrons. The number of hydrogen-bond donors (Lipinski definition) is 1. The van der Waals surface area contributed by atoms with Crippen molar-refractivity contribution in [2.24, 2.45) is 0 Å². The van der Waals surface area contributed by atoms with Gasteiger partial charge in [0.15, 0.2) is 10.7 Å². The van der Waals surface area contributed by atoms with Gasteiger partial charge in [0.1, 0.15) is 0 Å². The van der Waals surface area contributed by atoms with Gasteiger partial charge in [-0.05, 0) is 26.7 Å². The minimum atomic E-state index is -0.865. The van der Waals surface area contributed by atoms with Crippen molar-refractivity contribution in [3.63, 3.8) is 0 Å². The minimum Gasteiger partial charge on any atom is -0.477 e. The SMILES string of the molecule is Cc1sc2nc(C3CC3)c(C(=O)O)n2c1C. The zero-order valence-corrected chi connectivity index (χ0v) is 9.97. The van der Waals surface area contributed by atoms with Gasteiger partial charge in [0.2, 0.25) is 0 Å². The number of rotatable bonds is 2. The van der Waals surface area contributed by atoms with Gasteiger partial charge in [0, 0.05) is 16.5 Å². The smallest absolute Gasteiger partial charge is 0.354 e. The number of thiazole rings is 1. The first-order valence-corrected chi connectivity index (χ1v) is 6.13. The summed E-state index contributed by atoms with van der Waals surface area (Å²) in [6.45, 7) is 3.95. The Bertz CT molecular complexity index is 593. The summed E-state index contributed by atoms with van der Waals surface area (Å²) in [6, 6.07) is 0. The molecule has 4 nitrogen and oxygen atoms in total. The summed E-state index contributed by atoms with van der Waals surface area (Å²) in [5.74, 6) is -0.492. The van der Waals surface area contributed by atoms with Gasteiger partial charge in [-0.15, -0.1) is 11.3 Å². The van der Waals surface area contributed by atoms with Crippen molar-refractivity contribution in [2.45, 2.75) is 32.6 Å². The van der Waals surface area contributed by atoms with E-state index in [1.807, 2.05) is 13.8 Å². The van der Waals surface area contributed by atoms with Crippen molar-refractivity contribution in [2.75, 3.05) is 0 Å². The maximum Gasteiger partial charge on any atom is 0.354 e. The predicted molar refractivity (Wildman–Crippen MR) is 61.5 cm³/mol. The summed E-state index contributed by atoms with van der Waals surface area (Å²) in [5, 5.41) is 9.31. The van der Waals surface area contributed by atoms with Crippen molar-refractivity contribution in [3.05, 3.63) is 22.0 Å². The third-order valence-corrected chi connectivity index (χ3v) is 4.19. The monoisotopic (exact) mass is 236 g/mol. The van der Waals surface area contributed by atoms with Crippen LogP contribution in [0.5, 0.6) is 0 Å². The molecule has 0 aromatic carbocycles. The maximum atomic E-state index is 11.3. The molecule has 84 valence electrons. The lowest BCUT2D eigenvalue weighted by atomic mass is 10.2. The van der Waals surface area contributed by atoms with Crippen LogP contribution in [0.1, 0.15) is 45.5 Å². The zero-order valence-electron chi connectivity index (χ0n) is 9.15. The second kappa shape index (κ2) is 3.07. The molecule has 3 rings (SSSR count). The number of fused-ring (bicyclic) bond motifs is 1. The fourth-order valence-corrected chi connectivity index (χ4v) is 2.99. The first kappa shape index (κ1) is 9.84. The summed E-state index contributed by atoms with van der Waals surface area (Å²) in [4.78, 5) is 17.8. The average molecular weight is 236 g/mol. The Morgan fingerprint density at radius 1 is 1.50 bits per heavy atom. The molecule has 1 aliphatic rings. The lowest BCUT2D eigenvalue weighted by Gasteiger charge is -1.99. The second-order valence-corrected chi connectivity index (χ2v) is 5.47. The van der Waals surface area contributed by atoms with E-state index >= 15 is 0 Å². The Hall–Kier alpha value is -1.36. The van der Waals surface area contributed by atoms with E-state index in [4.69, 9.17) is 0 Å². The maximum absolute atomic E-state index is 11.3. The summed E-state index contributed by atoms with van der Waals surface area (Å²) in [7, 11) is 0. The number of imidazole rings is 1. The van der Waals surface area contributed by atoms with Gasteiger partial charge in [0.05, 0.1) is 5.69 Å². The van der Waals surface area contributed by atoms with Gasteiger partial charge in [-0.1, -0.05) is 0 Å². The predicted octanol–water partition coefficient (Wildman–Crippen LogP) is 2.59. The Balaban J connectivity index is 2.36. The number of carboxylic acids is 1. The first-order chi connectivity index (χ1) is 7.59. The van der Waals surface area contributed by atoms with Gasteiger partial charge in [-0.2, -0.15) is 0 Å². The highest BCUT2D eigenvalue weighted by atomic mass is 32.1. The van der Waals surface area contributed by atoms with E-state index < -0.39 is 5.97 Å². The molecule has 0 atom stereocenters. The standard InChI is InChI=1S/C11H12N2O2S/c1-5-6(2)16-11-12-8(7-3-4-7)9(10(14)15)13(5)11/h7H,3-4H2,1-2H3,(H,14,15). The Kier molecular flexibility index (Phi) is 1.89. The number of aromatic nitrogens is 2. The van der Waals surface area contributed by atoms with Gasteiger partial charge >= 0.3 is 5.97 Å². The topological polar surface area (TPSA) is 54.6 Å². The third-order valence-electron chi connectivity index (χ3n) is 3.13. The van der Waals surface area contributed by atoms with Crippen molar-refractivity contribution in [3.8, 4) is 0 Å². The summed E-state index contributed by atoms with van der Waals surface area (Å²) in [6.07, 6.45) is 2.15. The van der Waals surface area contributed by atoms with Crippen LogP contribution in [0.15, 0.2) is 0 Å². The molecule has 1 fully saturated rings. The molecule has 1 N–H and O–H groups in total. The minimum absolute atomic E-state index is 0.373. The number of aromatic carboxylic acids is 1. The molecular formula is C11H12N2O2S. The lowest BCUT2D eigenvalue weighted by Crippen LogP contribution is -2.05. The van der Waals surface area contributed by atoms with Crippen molar-refractivity contribution in [1.29, 1.82) is 0 Å². The molecule has 1 aliphatic carbocycles. The van der Waals surface area contributed by atoms with Crippen LogP contribution in [-0.4, -0.2) is 20.5 Å². The zero-order chi connectivity index (χ0) is 11.4. The molecule has 1 saturated carbocycles. The van der Waals surface area contributed by atoms with E-state index in [1.54, 1.807) is 15.7 Å². The molecular weight excluding hydrogens is 224 g/mol. The van der Waals surface area contributed by atoms with Gasteiger partial charge in [-0.3, -0.25) is 4.40 Å². The summed E-state index contributed by atoms with van der Waals surface area (Å²) < 4.78 is 1.79. The van der Waals surface area contributed by atoms with E-state index in [0.29, 0.717) is 11.6 Å². The highest BCUT2D eigenvalue weighted by Gasteiger charge is 2.33. The highest BCUT2D eigenvalue weighted by Crippen LogP contribution is 2.42. The van der Waals surface area contributed by atoms with Crippen LogP contribution in [0.25, 0.3) is 4.96 Å². The van der Waals surface area contributed by atoms with Crippen molar-refractivity contribution < 1.29 is 9.90 Å². The molecule has 0 spiro atoms. The van der Waals surface area contributed by atoms with E-state index in [2.05, 4.69) is 4.98 Å². The molecule has 0 unspecified atom stereocenters. The molecule has 2 heterocycles. The van der Waals surface area contributed by atoms with E-state index in [1.165, 1.54) is 0 Å². The van der Waals surface area contributed by atoms with E-state index in [0.717, 1.165) is 34.1 Å². The molecule has 0 saturated heterocycles. The van der Waals surface area contributed by atoms with Crippen LogP contribution in [0.4, 0.5) is 0 Å². The fourth-order valence-electron chi connectivity index (χ4n) is 2.01. The lowest BCUT2D eigenvalue weighted by molar-refractivity contribution is 0.0688. The number of nitrogens with zero attached hydrogens (tertiary/aromatic N) is 2. The summed E-state index contributed by atoms with van der Waals surface area (Å²) in [5.41, 5.74) is 2.15. The summed E-state index contributed by atoms with van der Waals surface area (Å²) >= 11 is 1.56. The number of carboxylic acid groups (broad SMARTS) is 1. The average Bonchev–Trinajstić information content (AvgIpc) is 2.94. The first-order valence-electron chi connectivity index (χ1n) is 5.31. The van der Waals surface area contributed by atoms with Gasteiger partial charge < -0.3 is 5.11 Å².